The van der Waals surface area contributed by atoms with E-state index in [-0.39, 0.29) is 30.7 Å². The Balaban J connectivity index is 1.22. The van der Waals surface area contributed by atoms with E-state index in [1.54, 1.807) is 36.4 Å². The fraction of sp³-hybridized carbons (Fsp3) is 0.120. The van der Waals surface area contributed by atoms with Gasteiger partial charge in [0, 0.05) is 24.2 Å². The number of anilines is 1. The first-order valence-corrected chi connectivity index (χ1v) is 10.3. The molecule has 1 aromatic heterocycles. The molecule has 0 fully saturated rings. The van der Waals surface area contributed by atoms with Gasteiger partial charge in [-0.15, -0.1) is 0 Å². The summed E-state index contributed by atoms with van der Waals surface area (Å²) in [7, 11) is 0. The first kappa shape index (κ1) is 19.7. The van der Waals surface area contributed by atoms with E-state index in [2.05, 4.69) is 21.4 Å². The number of hydrogen-bond donors (Lipinski definition) is 2. The maximum absolute atomic E-state index is 12.4. The van der Waals surface area contributed by atoms with Crippen LogP contribution < -0.4 is 5.32 Å². The van der Waals surface area contributed by atoms with Gasteiger partial charge in [-0.05, 0) is 61.0 Å². The Morgan fingerprint density at radius 2 is 1.66 bits per heavy atom. The predicted molar refractivity (Wildman–Crippen MR) is 121 cm³/mol. The molecule has 1 aliphatic heterocycles. The molecule has 0 radical (unpaired) electrons. The fourth-order valence-corrected chi connectivity index (χ4v) is 3.85. The van der Waals surface area contributed by atoms with Gasteiger partial charge in [0.25, 0.3) is 11.8 Å². The fourth-order valence-electron chi connectivity index (χ4n) is 3.85. The van der Waals surface area contributed by atoms with Crippen LogP contribution in [0, 0.1) is 6.92 Å². The summed E-state index contributed by atoms with van der Waals surface area (Å²) in [6, 6.07) is 20.1. The number of imidazole rings is 1. The minimum Gasteiger partial charge on any atom is -0.338 e. The highest BCUT2D eigenvalue weighted by atomic mass is 16.2. The van der Waals surface area contributed by atoms with Crippen LogP contribution in [0.3, 0.4) is 0 Å². The SMILES string of the molecule is Cc1ccc2nc(-c3ccc(NC(=O)CCN4C(=O)c5ccccc5C4=O)cc3)[nH]c2c1. The molecule has 2 N–H and O–H groups in total. The lowest BCUT2D eigenvalue weighted by Gasteiger charge is -2.13. The zero-order valence-electron chi connectivity index (χ0n) is 17.4. The van der Waals surface area contributed by atoms with Gasteiger partial charge in [0.15, 0.2) is 0 Å². The van der Waals surface area contributed by atoms with Crippen LogP contribution >= 0.6 is 0 Å². The van der Waals surface area contributed by atoms with Gasteiger partial charge in [-0.25, -0.2) is 4.98 Å². The lowest BCUT2D eigenvalue weighted by atomic mass is 10.1. The Bertz CT molecular complexity index is 1340. The van der Waals surface area contributed by atoms with Gasteiger partial charge in [0.2, 0.25) is 5.91 Å². The smallest absolute Gasteiger partial charge is 0.261 e. The van der Waals surface area contributed by atoms with Crippen LogP contribution in [0.15, 0.2) is 66.7 Å². The number of aromatic amines is 1. The largest absolute Gasteiger partial charge is 0.338 e. The summed E-state index contributed by atoms with van der Waals surface area (Å²) in [5, 5.41) is 2.81. The molecule has 1 aliphatic rings. The zero-order chi connectivity index (χ0) is 22.2. The molecular weight excluding hydrogens is 404 g/mol. The summed E-state index contributed by atoms with van der Waals surface area (Å²) in [6.07, 6.45) is 0.0240. The topological polar surface area (TPSA) is 95.2 Å². The van der Waals surface area contributed by atoms with Crippen molar-refractivity contribution in [1.82, 2.24) is 14.9 Å². The van der Waals surface area contributed by atoms with Gasteiger partial charge in [0.1, 0.15) is 5.82 Å². The minimum absolute atomic E-state index is 0.0240. The zero-order valence-corrected chi connectivity index (χ0v) is 17.4. The van der Waals surface area contributed by atoms with Crippen LogP contribution in [0.1, 0.15) is 32.7 Å². The molecule has 0 bridgehead atoms. The average molecular weight is 424 g/mol. The Kier molecular flexibility index (Phi) is 4.78. The lowest BCUT2D eigenvalue weighted by molar-refractivity contribution is -0.116. The first-order valence-electron chi connectivity index (χ1n) is 10.3. The molecule has 0 spiro atoms. The van der Waals surface area contributed by atoms with Crippen molar-refractivity contribution in [1.29, 1.82) is 0 Å². The van der Waals surface area contributed by atoms with E-state index in [9.17, 15) is 14.4 Å². The molecule has 158 valence electrons. The molecular formula is C25H20N4O3. The van der Waals surface area contributed by atoms with Crippen LogP contribution in [0.25, 0.3) is 22.4 Å². The molecule has 0 unspecified atom stereocenters. The lowest BCUT2D eigenvalue weighted by Crippen LogP contribution is -2.32. The van der Waals surface area contributed by atoms with Crippen molar-refractivity contribution >= 4 is 34.4 Å². The monoisotopic (exact) mass is 424 g/mol. The maximum atomic E-state index is 12.4. The Morgan fingerprint density at radius 1 is 0.969 bits per heavy atom. The second-order valence-corrected chi connectivity index (χ2v) is 7.79. The van der Waals surface area contributed by atoms with Crippen molar-refractivity contribution in [3.63, 3.8) is 0 Å². The molecule has 3 aromatic carbocycles. The maximum Gasteiger partial charge on any atom is 0.261 e. The number of fused-ring (bicyclic) bond motifs is 2. The average Bonchev–Trinajstić information content (AvgIpc) is 3.32. The second kappa shape index (κ2) is 7.77. The number of rotatable bonds is 5. The van der Waals surface area contributed by atoms with E-state index in [1.807, 2.05) is 31.2 Å². The molecule has 7 nitrogen and oxygen atoms in total. The highest BCUT2D eigenvalue weighted by molar-refractivity contribution is 6.21. The highest BCUT2D eigenvalue weighted by Crippen LogP contribution is 2.24. The van der Waals surface area contributed by atoms with E-state index >= 15 is 0 Å². The normalized spacial score (nSPS) is 13.0. The molecule has 3 amide bonds. The number of benzene rings is 3. The third-order valence-corrected chi connectivity index (χ3v) is 5.52. The van der Waals surface area contributed by atoms with Crippen molar-refractivity contribution in [2.45, 2.75) is 13.3 Å². The van der Waals surface area contributed by atoms with Crippen LogP contribution in [-0.2, 0) is 4.79 Å². The van der Waals surface area contributed by atoms with Crippen LogP contribution in [-0.4, -0.2) is 39.1 Å². The third-order valence-electron chi connectivity index (χ3n) is 5.52. The summed E-state index contributed by atoms with van der Waals surface area (Å²) in [5.74, 6) is -0.227. The molecule has 0 aliphatic carbocycles. The van der Waals surface area contributed by atoms with Gasteiger partial charge in [-0.1, -0.05) is 18.2 Å². The van der Waals surface area contributed by atoms with Gasteiger partial charge in [-0.2, -0.15) is 0 Å². The van der Waals surface area contributed by atoms with Crippen molar-refractivity contribution in [3.8, 4) is 11.4 Å². The van der Waals surface area contributed by atoms with E-state index in [1.165, 1.54) is 0 Å². The Labute approximate surface area is 184 Å². The van der Waals surface area contributed by atoms with Gasteiger partial charge in [-0.3, -0.25) is 19.3 Å². The number of aryl methyl sites for hydroxylation is 1. The number of amides is 3. The molecule has 0 saturated carbocycles. The number of H-pyrrole nitrogens is 1. The number of carbonyl (C=O) groups is 3. The quantitative estimate of drug-likeness (QED) is 0.470. The molecule has 7 heteroatoms. The van der Waals surface area contributed by atoms with Crippen LogP contribution in [0.2, 0.25) is 0 Å². The highest BCUT2D eigenvalue weighted by Gasteiger charge is 2.34. The van der Waals surface area contributed by atoms with Crippen molar-refractivity contribution < 1.29 is 14.4 Å². The van der Waals surface area contributed by atoms with Crippen LogP contribution in [0.4, 0.5) is 5.69 Å². The van der Waals surface area contributed by atoms with E-state index in [4.69, 9.17) is 0 Å². The van der Waals surface area contributed by atoms with Gasteiger partial charge in [0.05, 0.1) is 22.2 Å². The minimum atomic E-state index is -0.358. The Hall–Kier alpha value is -4.26. The number of imide groups is 1. The molecule has 4 aromatic rings. The van der Waals surface area contributed by atoms with E-state index in [0.717, 1.165) is 32.9 Å². The third kappa shape index (κ3) is 3.54. The summed E-state index contributed by atoms with van der Waals surface area (Å²) in [4.78, 5) is 46.2. The van der Waals surface area contributed by atoms with Crippen molar-refractivity contribution in [2.75, 3.05) is 11.9 Å². The molecule has 5 rings (SSSR count). The number of nitrogens with zero attached hydrogens (tertiary/aromatic N) is 2. The van der Waals surface area contributed by atoms with Gasteiger partial charge >= 0.3 is 0 Å². The summed E-state index contributed by atoms with van der Waals surface area (Å²) in [5.41, 5.74) is 5.34. The summed E-state index contributed by atoms with van der Waals surface area (Å²) < 4.78 is 0. The first-order chi connectivity index (χ1) is 15.5. The number of carbonyl (C=O) groups excluding carboxylic acids is 3. The predicted octanol–water partition coefficient (Wildman–Crippen LogP) is 4.16. The molecule has 0 atom stereocenters. The molecule has 0 saturated heterocycles. The molecule has 2 heterocycles. The molecule has 32 heavy (non-hydrogen) atoms. The number of aromatic nitrogens is 2. The van der Waals surface area contributed by atoms with Crippen molar-refractivity contribution in [3.05, 3.63) is 83.4 Å². The van der Waals surface area contributed by atoms with Crippen molar-refractivity contribution in [2.24, 2.45) is 0 Å². The second-order valence-electron chi connectivity index (χ2n) is 7.79. The van der Waals surface area contributed by atoms with E-state index in [0.29, 0.717) is 16.8 Å². The van der Waals surface area contributed by atoms with Crippen LogP contribution in [0.5, 0.6) is 0 Å². The summed E-state index contributed by atoms with van der Waals surface area (Å²) >= 11 is 0. The number of nitrogens with one attached hydrogen (secondary N) is 2. The van der Waals surface area contributed by atoms with Gasteiger partial charge < -0.3 is 10.3 Å². The standard InChI is InChI=1S/C25H20N4O3/c1-15-6-11-20-21(14-15)28-23(27-20)16-7-9-17(10-8-16)26-22(30)12-13-29-24(31)18-4-2-3-5-19(18)25(29)32/h2-11,14H,12-13H2,1H3,(H,26,30)(H,27,28). The number of hydrogen-bond acceptors (Lipinski definition) is 4. The Morgan fingerprint density at radius 3 is 2.34 bits per heavy atom. The summed E-state index contributed by atoms with van der Waals surface area (Å²) in [6.45, 7) is 2.07. The van der Waals surface area contributed by atoms with E-state index < -0.39 is 0 Å².